The number of benzene rings is 2. The Hall–Kier alpha value is -2.17. The first-order chi connectivity index (χ1) is 10.1. The van der Waals surface area contributed by atoms with Crippen molar-refractivity contribution in [3.8, 4) is 5.75 Å². The summed E-state index contributed by atoms with van der Waals surface area (Å²) in [6.07, 6.45) is -3.78. The maximum atomic E-state index is 12.8. The minimum Gasteiger partial charge on any atom is -0.493 e. The monoisotopic (exact) mass is 295 g/mol. The van der Waals surface area contributed by atoms with Crippen LogP contribution in [0.25, 0.3) is 0 Å². The second-order valence-corrected chi connectivity index (χ2v) is 4.49. The Bertz CT molecular complexity index is 555. The number of hydrogen-bond acceptors (Lipinski definition) is 2. The van der Waals surface area contributed by atoms with Crippen molar-refractivity contribution in [3.05, 3.63) is 60.2 Å². The molecule has 0 aliphatic heterocycles. The van der Waals surface area contributed by atoms with Gasteiger partial charge >= 0.3 is 6.18 Å². The maximum absolute atomic E-state index is 12.8. The summed E-state index contributed by atoms with van der Waals surface area (Å²) in [5, 5.41) is 3.17. The first-order valence-electron chi connectivity index (χ1n) is 6.65. The summed E-state index contributed by atoms with van der Waals surface area (Å²) in [4.78, 5) is 0. The lowest BCUT2D eigenvalue weighted by molar-refractivity contribution is -0.138. The Morgan fingerprint density at radius 3 is 2.29 bits per heavy atom. The van der Waals surface area contributed by atoms with Crippen LogP contribution in [0.3, 0.4) is 0 Å². The third kappa shape index (κ3) is 4.70. The Morgan fingerprint density at radius 1 is 0.905 bits per heavy atom. The number of nitrogens with one attached hydrogen (secondary N) is 1. The van der Waals surface area contributed by atoms with Gasteiger partial charge in [-0.1, -0.05) is 30.3 Å². The van der Waals surface area contributed by atoms with Crippen LogP contribution in [0.15, 0.2) is 54.6 Å². The maximum Gasteiger partial charge on any atom is 0.419 e. The van der Waals surface area contributed by atoms with Crippen LogP contribution in [-0.2, 0) is 6.18 Å². The molecule has 0 unspecified atom stereocenters. The molecule has 5 heteroatoms. The predicted octanol–water partition coefficient (Wildman–Crippen LogP) is 4.59. The van der Waals surface area contributed by atoms with Gasteiger partial charge in [0, 0.05) is 12.2 Å². The zero-order valence-corrected chi connectivity index (χ0v) is 11.4. The number of anilines is 1. The van der Waals surface area contributed by atoms with E-state index in [2.05, 4.69) is 5.32 Å². The van der Waals surface area contributed by atoms with Crippen LogP contribution in [0, 0.1) is 0 Å². The van der Waals surface area contributed by atoms with Crippen molar-refractivity contribution in [1.29, 1.82) is 0 Å². The van der Waals surface area contributed by atoms with Crippen molar-refractivity contribution in [3.63, 3.8) is 0 Å². The molecule has 0 atom stereocenters. The average molecular weight is 295 g/mol. The van der Waals surface area contributed by atoms with Gasteiger partial charge in [0.15, 0.2) is 0 Å². The fraction of sp³-hybridized carbons (Fsp3) is 0.250. The predicted molar refractivity (Wildman–Crippen MR) is 76.5 cm³/mol. The van der Waals surface area contributed by atoms with Gasteiger partial charge in [0.1, 0.15) is 5.75 Å². The molecule has 0 bridgehead atoms. The largest absolute Gasteiger partial charge is 0.493 e. The molecule has 0 spiro atoms. The zero-order valence-electron chi connectivity index (χ0n) is 11.4. The molecule has 0 fully saturated rings. The molecule has 0 aliphatic rings. The van der Waals surface area contributed by atoms with Crippen LogP contribution in [0.2, 0.25) is 0 Å². The highest BCUT2D eigenvalue weighted by molar-refractivity contribution is 5.42. The highest BCUT2D eigenvalue weighted by atomic mass is 19.4. The van der Waals surface area contributed by atoms with Gasteiger partial charge in [0.05, 0.1) is 12.2 Å². The van der Waals surface area contributed by atoms with Crippen molar-refractivity contribution in [1.82, 2.24) is 0 Å². The molecular weight excluding hydrogens is 279 g/mol. The molecule has 2 aromatic carbocycles. The standard InChI is InChI=1S/C16H16F3NO/c17-16(18,19)14-9-4-5-10-15(14)21-12-6-11-20-13-7-2-1-3-8-13/h1-5,7-10,20H,6,11-12H2. The van der Waals surface area contributed by atoms with E-state index in [9.17, 15) is 13.2 Å². The van der Waals surface area contributed by atoms with E-state index in [0.29, 0.717) is 13.0 Å². The quantitative estimate of drug-likeness (QED) is 0.787. The van der Waals surface area contributed by atoms with Gasteiger partial charge in [0.25, 0.3) is 0 Å². The summed E-state index contributed by atoms with van der Waals surface area (Å²) < 4.78 is 43.5. The van der Waals surface area contributed by atoms with Crippen LogP contribution in [0.4, 0.5) is 18.9 Å². The summed E-state index contributed by atoms with van der Waals surface area (Å²) in [5.41, 5.74) is 0.245. The van der Waals surface area contributed by atoms with E-state index in [1.165, 1.54) is 18.2 Å². The van der Waals surface area contributed by atoms with Gasteiger partial charge in [0.2, 0.25) is 0 Å². The molecule has 21 heavy (non-hydrogen) atoms. The Morgan fingerprint density at radius 2 is 1.57 bits per heavy atom. The van der Waals surface area contributed by atoms with E-state index in [0.717, 1.165) is 11.8 Å². The summed E-state index contributed by atoms with van der Waals surface area (Å²) in [5.74, 6) is -0.121. The molecule has 0 amide bonds. The average Bonchev–Trinajstić information content (AvgIpc) is 2.47. The van der Waals surface area contributed by atoms with E-state index < -0.39 is 11.7 Å². The number of para-hydroxylation sites is 2. The second kappa shape index (κ2) is 7.02. The minimum absolute atomic E-state index is 0.121. The highest BCUT2D eigenvalue weighted by Crippen LogP contribution is 2.35. The van der Waals surface area contributed by atoms with Crippen LogP contribution in [0.1, 0.15) is 12.0 Å². The minimum atomic E-state index is -4.39. The lowest BCUT2D eigenvalue weighted by Gasteiger charge is -2.13. The summed E-state index contributed by atoms with van der Waals surface area (Å²) >= 11 is 0. The van der Waals surface area contributed by atoms with E-state index in [4.69, 9.17) is 4.74 Å². The van der Waals surface area contributed by atoms with Crippen LogP contribution < -0.4 is 10.1 Å². The summed E-state index contributed by atoms with van der Waals surface area (Å²) in [7, 11) is 0. The van der Waals surface area contributed by atoms with Gasteiger partial charge in [-0.2, -0.15) is 13.2 Å². The van der Waals surface area contributed by atoms with Crippen molar-refractivity contribution in [2.45, 2.75) is 12.6 Å². The Kier molecular flexibility index (Phi) is 5.09. The van der Waals surface area contributed by atoms with E-state index in [1.54, 1.807) is 0 Å². The van der Waals surface area contributed by atoms with Crippen LogP contribution in [0.5, 0.6) is 5.75 Å². The first kappa shape index (κ1) is 15.2. The van der Waals surface area contributed by atoms with Crippen molar-refractivity contribution in [2.75, 3.05) is 18.5 Å². The van der Waals surface area contributed by atoms with Gasteiger partial charge in [-0.05, 0) is 30.7 Å². The van der Waals surface area contributed by atoms with Crippen LogP contribution in [-0.4, -0.2) is 13.2 Å². The lowest BCUT2D eigenvalue weighted by Crippen LogP contribution is -2.11. The van der Waals surface area contributed by atoms with E-state index in [-0.39, 0.29) is 12.4 Å². The van der Waals surface area contributed by atoms with Gasteiger partial charge < -0.3 is 10.1 Å². The topological polar surface area (TPSA) is 21.3 Å². The second-order valence-electron chi connectivity index (χ2n) is 4.49. The van der Waals surface area contributed by atoms with Crippen LogP contribution >= 0.6 is 0 Å². The van der Waals surface area contributed by atoms with Gasteiger partial charge in [-0.25, -0.2) is 0 Å². The van der Waals surface area contributed by atoms with E-state index >= 15 is 0 Å². The molecule has 2 aromatic rings. The SMILES string of the molecule is FC(F)(F)c1ccccc1OCCCNc1ccccc1. The molecule has 0 radical (unpaired) electrons. The molecule has 0 saturated heterocycles. The molecule has 2 rings (SSSR count). The molecular formula is C16H16F3NO. The molecule has 0 aromatic heterocycles. The van der Waals surface area contributed by atoms with Crippen molar-refractivity contribution < 1.29 is 17.9 Å². The fourth-order valence-electron chi connectivity index (χ4n) is 1.87. The molecule has 2 nitrogen and oxygen atoms in total. The normalized spacial score (nSPS) is 11.2. The first-order valence-corrected chi connectivity index (χ1v) is 6.65. The fourth-order valence-corrected chi connectivity index (χ4v) is 1.87. The zero-order chi connectivity index (χ0) is 15.1. The Balaban J connectivity index is 1.79. The molecule has 0 saturated carbocycles. The molecule has 0 heterocycles. The Labute approximate surface area is 121 Å². The highest BCUT2D eigenvalue weighted by Gasteiger charge is 2.33. The van der Waals surface area contributed by atoms with Gasteiger partial charge in [-0.15, -0.1) is 0 Å². The van der Waals surface area contributed by atoms with Gasteiger partial charge in [-0.3, -0.25) is 0 Å². The van der Waals surface area contributed by atoms with E-state index in [1.807, 2.05) is 30.3 Å². The summed E-state index contributed by atoms with van der Waals surface area (Å²) in [6, 6.07) is 14.9. The number of rotatable bonds is 6. The molecule has 1 N–H and O–H groups in total. The van der Waals surface area contributed by atoms with Crippen molar-refractivity contribution >= 4 is 5.69 Å². The lowest BCUT2D eigenvalue weighted by atomic mass is 10.2. The number of ether oxygens (including phenoxy) is 1. The summed E-state index contributed by atoms with van der Waals surface area (Å²) in [6.45, 7) is 0.866. The number of halogens is 3. The third-order valence-electron chi connectivity index (χ3n) is 2.87. The molecule has 0 aliphatic carbocycles. The van der Waals surface area contributed by atoms with Crippen molar-refractivity contribution in [2.24, 2.45) is 0 Å². The molecule has 112 valence electrons. The third-order valence-corrected chi connectivity index (χ3v) is 2.87. The number of hydrogen-bond donors (Lipinski definition) is 1. The number of alkyl halides is 3. The smallest absolute Gasteiger partial charge is 0.419 e.